The second-order valence-electron chi connectivity index (χ2n) is 4.69. The number of nitrogens with one attached hydrogen (secondary N) is 1. The molecule has 0 bridgehead atoms. The van der Waals surface area contributed by atoms with E-state index in [1.165, 1.54) is 25.8 Å². The van der Waals surface area contributed by atoms with Gasteiger partial charge in [-0.25, -0.2) is 0 Å². The van der Waals surface area contributed by atoms with Crippen molar-refractivity contribution in [2.75, 3.05) is 27.3 Å². The number of rotatable bonds is 6. The quantitative estimate of drug-likeness (QED) is 0.730. The van der Waals surface area contributed by atoms with Gasteiger partial charge < -0.3 is 14.2 Å². The van der Waals surface area contributed by atoms with Crippen molar-refractivity contribution in [1.82, 2.24) is 5.32 Å². The lowest BCUT2D eigenvalue weighted by atomic mass is 9.94. The van der Waals surface area contributed by atoms with Crippen molar-refractivity contribution in [1.29, 1.82) is 0 Å². The second-order valence-corrected chi connectivity index (χ2v) is 8.58. The summed E-state index contributed by atoms with van der Waals surface area (Å²) in [6.07, 6.45) is 3.80. The maximum atomic E-state index is 5.83. The number of piperidine rings is 1. The molecule has 1 fully saturated rings. The molecule has 0 saturated carbocycles. The Morgan fingerprint density at radius 2 is 2.00 bits per heavy atom. The Bertz CT molecular complexity index is 183. The van der Waals surface area contributed by atoms with Crippen LogP contribution in [0.3, 0.4) is 0 Å². The molecule has 0 aromatic heterocycles. The van der Waals surface area contributed by atoms with Gasteiger partial charge in [0, 0.05) is 19.8 Å². The van der Waals surface area contributed by atoms with Crippen LogP contribution in [0.4, 0.5) is 0 Å². The zero-order valence-electron chi connectivity index (χ0n) is 11.2. The molecule has 0 aromatic carbocycles. The van der Waals surface area contributed by atoms with Crippen molar-refractivity contribution in [3.05, 3.63) is 0 Å². The summed E-state index contributed by atoms with van der Waals surface area (Å²) in [5.41, 5.74) is 0.625. The first-order valence-corrected chi connectivity index (χ1v) is 8.65. The average molecular weight is 245 g/mol. The maximum Gasteiger partial charge on any atom is 0.340 e. The largest absolute Gasteiger partial charge is 0.397 e. The number of hydrogen-bond donors (Lipinski definition) is 1. The molecule has 0 radical (unpaired) electrons. The summed E-state index contributed by atoms with van der Waals surface area (Å²) in [5, 5.41) is 3.51. The maximum absolute atomic E-state index is 5.83. The molecule has 1 aliphatic rings. The van der Waals surface area contributed by atoms with Crippen molar-refractivity contribution >= 4 is 8.56 Å². The van der Waals surface area contributed by atoms with Gasteiger partial charge in [-0.15, -0.1) is 0 Å². The molecule has 1 aliphatic heterocycles. The number of hydrogen-bond acceptors (Lipinski definition) is 3. The summed E-state index contributed by atoms with van der Waals surface area (Å²) in [7, 11) is 1.69. The van der Waals surface area contributed by atoms with E-state index >= 15 is 0 Å². The average Bonchev–Trinajstić information content (AvgIpc) is 2.37. The van der Waals surface area contributed by atoms with E-state index in [0.29, 0.717) is 5.54 Å². The topological polar surface area (TPSA) is 30.5 Å². The summed E-state index contributed by atoms with van der Waals surface area (Å²) >= 11 is 0. The van der Waals surface area contributed by atoms with Crippen LogP contribution >= 0.6 is 0 Å². The minimum atomic E-state index is -1.97. The Hall–Kier alpha value is 0.0969. The fraction of sp³-hybridized carbons (Fsp3) is 1.00. The van der Waals surface area contributed by atoms with Crippen molar-refractivity contribution < 1.29 is 8.85 Å². The van der Waals surface area contributed by atoms with Gasteiger partial charge in [0.25, 0.3) is 0 Å². The van der Waals surface area contributed by atoms with Crippen molar-refractivity contribution in [3.63, 3.8) is 0 Å². The van der Waals surface area contributed by atoms with Gasteiger partial charge in [0.05, 0.1) is 0 Å². The lowest BCUT2D eigenvalue weighted by Gasteiger charge is -2.40. The van der Waals surface area contributed by atoms with E-state index in [-0.39, 0.29) is 0 Å². The molecule has 3 nitrogen and oxygen atoms in total. The van der Waals surface area contributed by atoms with Gasteiger partial charge in [0.1, 0.15) is 0 Å². The molecule has 96 valence electrons. The smallest absolute Gasteiger partial charge is 0.340 e. The minimum absolute atomic E-state index is 0.625. The first kappa shape index (κ1) is 14.2. The van der Waals surface area contributed by atoms with Gasteiger partial charge in [-0.3, -0.25) is 0 Å². The molecule has 1 saturated heterocycles. The Kier molecular flexibility index (Phi) is 5.96. The van der Waals surface area contributed by atoms with Crippen molar-refractivity contribution in [3.8, 4) is 0 Å². The summed E-state index contributed by atoms with van der Waals surface area (Å²) in [4.78, 5) is 0. The SMILES string of the molecule is CCC(C1CCCNC1)[Si](CC)(OC)OC. The molecule has 0 aliphatic carbocycles. The molecule has 0 spiro atoms. The predicted octanol–water partition coefficient (Wildman–Crippen LogP) is 2.52. The molecule has 2 atom stereocenters. The minimum Gasteiger partial charge on any atom is -0.397 e. The highest BCUT2D eigenvalue weighted by atomic mass is 28.4. The van der Waals surface area contributed by atoms with Crippen LogP contribution in [0.2, 0.25) is 11.6 Å². The van der Waals surface area contributed by atoms with Gasteiger partial charge in [-0.05, 0) is 37.9 Å². The fourth-order valence-corrected chi connectivity index (χ4v) is 6.66. The zero-order chi connectivity index (χ0) is 12.0. The molecule has 4 heteroatoms. The summed E-state index contributed by atoms with van der Waals surface area (Å²) in [5.74, 6) is 0.741. The third-order valence-electron chi connectivity index (χ3n) is 4.09. The Labute approximate surface area is 101 Å². The Morgan fingerprint density at radius 1 is 1.31 bits per heavy atom. The van der Waals surface area contributed by atoms with Crippen LogP contribution in [0.15, 0.2) is 0 Å². The van der Waals surface area contributed by atoms with E-state index in [1.54, 1.807) is 0 Å². The van der Waals surface area contributed by atoms with Crippen LogP contribution in [0.1, 0.15) is 33.1 Å². The van der Waals surface area contributed by atoms with Gasteiger partial charge in [0.2, 0.25) is 0 Å². The molecular formula is C12H27NO2Si. The second kappa shape index (κ2) is 6.74. The van der Waals surface area contributed by atoms with Crippen molar-refractivity contribution in [2.45, 2.75) is 44.7 Å². The summed E-state index contributed by atoms with van der Waals surface area (Å²) < 4.78 is 11.7. The highest BCUT2D eigenvalue weighted by Crippen LogP contribution is 2.39. The zero-order valence-corrected chi connectivity index (χ0v) is 12.2. The molecule has 1 N–H and O–H groups in total. The Morgan fingerprint density at radius 3 is 2.38 bits per heavy atom. The molecule has 1 rings (SSSR count). The van der Waals surface area contributed by atoms with Gasteiger partial charge in [-0.1, -0.05) is 20.3 Å². The Balaban J connectivity index is 2.76. The van der Waals surface area contributed by atoms with Gasteiger partial charge in [0.15, 0.2) is 0 Å². The van der Waals surface area contributed by atoms with E-state index in [0.717, 1.165) is 18.5 Å². The predicted molar refractivity (Wildman–Crippen MR) is 69.9 cm³/mol. The van der Waals surface area contributed by atoms with Crippen molar-refractivity contribution in [2.24, 2.45) is 5.92 Å². The summed E-state index contributed by atoms with van der Waals surface area (Å²) in [6.45, 7) is 6.79. The van der Waals surface area contributed by atoms with Crippen LogP contribution in [0.25, 0.3) is 0 Å². The van der Waals surface area contributed by atoms with E-state index in [1.807, 2.05) is 14.2 Å². The molecule has 0 aromatic rings. The summed E-state index contributed by atoms with van der Waals surface area (Å²) in [6, 6.07) is 1.05. The van der Waals surface area contributed by atoms with Crippen LogP contribution < -0.4 is 5.32 Å². The first-order chi connectivity index (χ1) is 7.74. The fourth-order valence-electron chi connectivity index (χ4n) is 3.16. The monoisotopic (exact) mass is 245 g/mol. The van der Waals surface area contributed by atoms with Crippen LogP contribution in [-0.4, -0.2) is 35.9 Å². The lowest BCUT2D eigenvalue weighted by molar-refractivity contribution is 0.202. The van der Waals surface area contributed by atoms with E-state index < -0.39 is 8.56 Å². The molecule has 1 heterocycles. The molecule has 0 amide bonds. The molecule has 2 unspecified atom stereocenters. The highest BCUT2D eigenvalue weighted by molar-refractivity contribution is 6.68. The van der Waals surface area contributed by atoms with Gasteiger partial charge in [-0.2, -0.15) is 0 Å². The van der Waals surface area contributed by atoms with E-state index in [4.69, 9.17) is 8.85 Å². The lowest BCUT2D eigenvalue weighted by Crippen LogP contribution is -2.49. The molecular weight excluding hydrogens is 218 g/mol. The van der Waals surface area contributed by atoms with Crippen LogP contribution in [-0.2, 0) is 8.85 Å². The molecule has 16 heavy (non-hydrogen) atoms. The van der Waals surface area contributed by atoms with E-state index in [2.05, 4.69) is 19.2 Å². The van der Waals surface area contributed by atoms with E-state index in [9.17, 15) is 0 Å². The normalized spacial score (nSPS) is 24.4. The highest BCUT2D eigenvalue weighted by Gasteiger charge is 2.45. The van der Waals surface area contributed by atoms with Crippen LogP contribution in [0, 0.1) is 5.92 Å². The van der Waals surface area contributed by atoms with Gasteiger partial charge >= 0.3 is 8.56 Å². The van der Waals surface area contributed by atoms with Crippen LogP contribution in [0.5, 0.6) is 0 Å². The third-order valence-corrected chi connectivity index (χ3v) is 8.47. The standard InChI is InChI=1S/C12H27NO2Si/c1-5-12(11-8-7-9-13-10-11)16(6-2,14-3)15-4/h11-13H,5-10H2,1-4H3. The third kappa shape index (κ3) is 2.86. The first-order valence-electron chi connectivity index (χ1n) is 6.55.